The van der Waals surface area contributed by atoms with E-state index in [1.165, 1.54) is 24.8 Å². The van der Waals surface area contributed by atoms with Crippen LogP contribution >= 0.6 is 15.9 Å². The molecule has 1 aromatic heterocycles. The predicted octanol–water partition coefficient (Wildman–Crippen LogP) is 4.74. The van der Waals surface area contributed by atoms with Crippen molar-refractivity contribution in [2.45, 2.75) is 32.1 Å². The molecule has 94 valence electrons. The fraction of sp³-hybridized carbons (Fsp3) is 0.400. The van der Waals surface area contributed by atoms with Gasteiger partial charge in [-0.15, -0.1) is 0 Å². The van der Waals surface area contributed by atoms with Crippen LogP contribution in [0.2, 0.25) is 0 Å². The van der Waals surface area contributed by atoms with E-state index in [-0.39, 0.29) is 0 Å². The van der Waals surface area contributed by atoms with E-state index in [4.69, 9.17) is 0 Å². The molecule has 3 heteroatoms. The number of nitrogens with zero attached hydrogens (tertiary/aromatic N) is 1. The number of benzene rings is 1. The van der Waals surface area contributed by atoms with E-state index in [1.807, 2.05) is 6.20 Å². The Labute approximate surface area is 116 Å². The predicted molar refractivity (Wildman–Crippen MR) is 77.5 cm³/mol. The highest BCUT2D eigenvalue weighted by atomic mass is 79.9. The molecule has 1 heterocycles. The molecule has 1 fully saturated rings. The number of imidazole rings is 1. The minimum absolute atomic E-state index is 0.629. The van der Waals surface area contributed by atoms with Crippen LogP contribution in [0.25, 0.3) is 11.3 Å². The second kappa shape index (κ2) is 4.88. The molecule has 3 rings (SSSR count). The third kappa shape index (κ3) is 2.37. The molecule has 1 aromatic carbocycles. The number of rotatable bonds is 2. The number of hydrogen-bond donors (Lipinski definition) is 1. The molecule has 18 heavy (non-hydrogen) atoms. The fourth-order valence-electron chi connectivity index (χ4n) is 2.78. The molecule has 0 bridgehead atoms. The van der Waals surface area contributed by atoms with Crippen molar-refractivity contribution in [3.05, 3.63) is 40.8 Å². The first-order chi connectivity index (χ1) is 8.72. The summed E-state index contributed by atoms with van der Waals surface area (Å²) >= 11 is 3.46. The second-order valence-electron chi connectivity index (χ2n) is 5.30. The standard InChI is InChI=1S/C15H17BrN2/c1-10-2-3-12(8-10)15-17-9-14(18-15)11-4-6-13(16)7-5-11/h4-7,9-10,12H,2-3,8H2,1H3,(H,17,18)/t10-,12+/m0/s1. The first kappa shape index (κ1) is 12.0. The topological polar surface area (TPSA) is 28.7 Å². The number of halogens is 1. The lowest BCUT2D eigenvalue weighted by atomic mass is 10.1. The van der Waals surface area contributed by atoms with Crippen LogP contribution in [-0.2, 0) is 0 Å². The Bertz CT molecular complexity index is 530. The molecule has 0 spiro atoms. The number of aromatic amines is 1. The highest BCUT2D eigenvalue weighted by Crippen LogP contribution is 2.37. The van der Waals surface area contributed by atoms with Crippen LogP contribution in [0.1, 0.15) is 37.9 Å². The van der Waals surface area contributed by atoms with Gasteiger partial charge in [-0.2, -0.15) is 0 Å². The average Bonchev–Trinajstić information content (AvgIpc) is 2.98. The normalized spacial score (nSPS) is 23.4. The van der Waals surface area contributed by atoms with Crippen LogP contribution in [0.4, 0.5) is 0 Å². The summed E-state index contributed by atoms with van der Waals surface area (Å²) in [7, 11) is 0. The zero-order valence-electron chi connectivity index (χ0n) is 10.5. The van der Waals surface area contributed by atoms with Crippen LogP contribution in [0, 0.1) is 5.92 Å². The van der Waals surface area contributed by atoms with Gasteiger partial charge in [-0.3, -0.25) is 0 Å². The van der Waals surface area contributed by atoms with Crippen LogP contribution in [-0.4, -0.2) is 9.97 Å². The Morgan fingerprint density at radius 1 is 1.22 bits per heavy atom. The van der Waals surface area contributed by atoms with E-state index in [2.05, 4.69) is 57.1 Å². The number of H-pyrrole nitrogens is 1. The average molecular weight is 305 g/mol. The van der Waals surface area contributed by atoms with Crippen LogP contribution in [0.5, 0.6) is 0 Å². The molecule has 1 saturated carbocycles. The largest absolute Gasteiger partial charge is 0.342 e. The molecule has 0 unspecified atom stereocenters. The molecular weight excluding hydrogens is 288 g/mol. The monoisotopic (exact) mass is 304 g/mol. The molecule has 0 aliphatic heterocycles. The molecule has 1 aliphatic carbocycles. The fourth-order valence-corrected chi connectivity index (χ4v) is 3.04. The maximum Gasteiger partial charge on any atom is 0.109 e. The van der Waals surface area contributed by atoms with E-state index >= 15 is 0 Å². The lowest BCUT2D eigenvalue weighted by Crippen LogP contribution is -1.96. The zero-order chi connectivity index (χ0) is 12.5. The molecule has 0 saturated heterocycles. The Morgan fingerprint density at radius 2 is 2.00 bits per heavy atom. The maximum absolute atomic E-state index is 4.56. The van der Waals surface area contributed by atoms with Crippen molar-refractivity contribution in [1.29, 1.82) is 0 Å². The van der Waals surface area contributed by atoms with Crippen molar-refractivity contribution in [3.63, 3.8) is 0 Å². The van der Waals surface area contributed by atoms with Gasteiger partial charge in [0.25, 0.3) is 0 Å². The third-order valence-corrected chi connectivity index (χ3v) is 4.36. The smallest absolute Gasteiger partial charge is 0.109 e. The summed E-state index contributed by atoms with van der Waals surface area (Å²) in [6.45, 7) is 2.33. The molecule has 0 radical (unpaired) electrons. The van der Waals surface area contributed by atoms with Gasteiger partial charge in [0.1, 0.15) is 5.82 Å². The van der Waals surface area contributed by atoms with E-state index in [0.29, 0.717) is 5.92 Å². The number of nitrogens with one attached hydrogen (secondary N) is 1. The van der Waals surface area contributed by atoms with E-state index < -0.39 is 0 Å². The molecule has 0 amide bonds. The Kier molecular flexibility index (Phi) is 3.25. The van der Waals surface area contributed by atoms with Crippen molar-refractivity contribution in [3.8, 4) is 11.3 Å². The third-order valence-electron chi connectivity index (χ3n) is 3.83. The molecule has 1 N–H and O–H groups in total. The van der Waals surface area contributed by atoms with Crippen molar-refractivity contribution in [1.82, 2.24) is 9.97 Å². The van der Waals surface area contributed by atoms with Gasteiger partial charge in [0.05, 0.1) is 11.9 Å². The van der Waals surface area contributed by atoms with Gasteiger partial charge in [-0.25, -0.2) is 4.98 Å². The first-order valence-electron chi connectivity index (χ1n) is 6.53. The van der Waals surface area contributed by atoms with E-state index in [1.54, 1.807) is 0 Å². The van der Waals surface area contributed by atoms with Crippen molar-refractivity contribution in [2.24, 2.45) is 5.92 Å². The first-order valence-corrected chi connectivity index (χ1v) is 7.32. The summed E-state index contributed by atoms with van der Waals surface area (Å²) in [5.74, 6) is 2.64. The van der Waals surface area contributed by atoms with Gasteiger partial charge < -0.3 is 4.98 Å². The Balaban J connectivity index is 1.83. The van der Waals surface area contributed by atoms with Crippen molar-refractivity contribution in [2.75, 3.05) is 0 Å². The quantitative estimate of drug-likeness (QED) is 0.852. The zero-order valence-corrected chi connectivity index (χ0v) is 12.1. The van der Waals surface area contributed by atoms with Gasteiger partial charge in [-0.05, 0) is 42.9 Å². The molecule has 2 nitrogen and oxygen atoms in total. The maximum atomic E-state index is 4.56. The summed E-state index contributed by atoms with van der Waals surface area (Å²) in [5, 5.41) is 0. The summed E-state index contributed by atoms with van der Waals surface area (Å²) in [6, 6.07) is 8.35. The van der Waals surface area contributed by atoms with Crippen LogP contribution in [0.3, 0.4) is 0 Å². The summed E-state index contributed by atoms with van der Waals surface area (Å²) < 4.78 is 1.11. The lowest BCUT2D eigenvalue weighted by Gasteiger charge is -2.05. The van der Waals surface area contributed by atoms with Gasteiger partial charge in [0.15, 0.2) is 0 Å². The number of hydrogen-bond acceptors (Lipinski definition) is 1. The van der Waals surface area contributed by atoms with Crippen LogP contribution in [0.15, 0.2) is 34.9 Å². The van der Waals surface area contributed by atoms with Crippen molar-refractivity contribution >= 4 is 15.9 Å². The van der Waals surface area contributed by atoms with Gasteiger partial charge in [0, 0.05) is 10.4 Å². The van der Waals surface area contributed by atoms with Crippen LogP contribution < -0.4 is 0 Å². The molecule has 1 aliphatic rings. The minimum Gasteiger partial charge on any atom is -0.342 e. The molecule has 2 aromatic rings. The highest BCUT2D eigenvalue weighted by Gasteiger charge is 2.24. The van der Waals surface area contributed by atoms with E-state index in [0.717, 1.165) is 21.9 Å². The van der Waals surface area contributed by atoms with Gasteiger partial charge >= 0.3 is 0 Å². The summed E-state index contributed by atoms with van der Waals surface area (Å²) in [6.07, 6.45) is 5.84. The highest BCUT2D eigenvalue weighted by molar-refractivity contribution is 9.10. The SMILES string of the molecule is C[C@H]1CC[C@@H](c2ncc(-c3ccc(Br)cc3)[nH]2)C1. The van der Waals surface area contributed by atoms with E-state index in [9.17, 15) is 0 Å². The van der Waals surface area contributed by atoms with Gasteiger partial charge in [0.2, 0.25) is 0 Å². The Morgan fingerprint density at radius 3 is 2.67 bits per heavy atom. The summed E-state index contributed by atoms with van der Waals surface area (Å²) in [5.41, 5.74) is 2.32. The molecular formula is C15H17BrN2. The number of aromatic nitrogens is 2. The lowest BCUT2D eigenvalue weighted by molar-refractivity contribution is 0.588. The minimum atomic E-state index is 0.629. The van der Waals surface area contributed by atoms with Gasteiger partial charge in [-0.1, -0.05) is 35.0 Å². The summed E-state index contributed by atoms with van der Waals surface area (Å²) in [4.78, 5) is 8.05. The second-order valence-corrected chi connectivity index (χ2v) is 6.22. The van der Waals surface area contributed by atoms with Crippen molar-refractivity contribution < 1.29 is 0 Å². The Hall–Kier alpha value is -1.09. The molecule has 2 atom stereocenters.